The maximum absolute atomic E-state index is 12.2. The Labute approximate surface area is 169 Å². The van der Waals surface area contributed by atoms with Gasteiger partial charge in [0.05, 0.1) is 12.4 Å². The summed E-state index contributed by atoms with van der Waals surface area (Å²) in [5.74, 6) is 1.14. The number of para-hydroxylation sites is 1. The third-order valence-electron chi connectivity index (χ3n) is 5.17. The van der Waals surface area contributed by atoms with Crippen molar-refractivity contribution in [3.8, 4) is 5.75 Å². The van der Waals surface area contributed by atoms with Gasteiger partial charge in [-0.3, -0.25) is 4.79 Å². The Kier molecular flexibility index (Phi) is 8.76. The molecule has 0 spiro atoms. The van der Waals surface area contributed by atoms with Gasteiger partial charge in [0, 0.05) is 25.6 Å². The second-order valence-corrected chi connectivity index (χ2v) is 9.67. The normalized spacial score (nSPS) is 16.1. The molecule has 6 nitrogen and oxygen atoms in total. The lowest BCUT2D eigenvalue weighted by Gasteiger charge is -2.31. The van der Waals surface area contributed by atoms with E-state index in [9.17, 15) is 13.2 Å². The molecule has 2 rings (SSSR count). The zero-order valence-electron chi connectivity index (χ0n) is 17.4. The number of aryl methyl sites for hydroxylation is 2. The van der Waals surface area contributed by atoms with E-state index in [1.165, 1.54) is 0 Å². The Morgan fingerprint density at radius 3 is 2.43 bits per heavy atom. The Morgan fingerprint density at radius 2 is 1.82 bits per heavy atom. The molecular formula is C21H34N2O4S. The molecule has 1 saturated heterocycles. The van der Waals surface area contributed by atoms with Crippen molar-refractivity contribution in [1.82, 2.24) is 9.62 Å². The molecule has 0 radical (unpaired) electrons. The van der Waals surface area contributed by atoms with E-state index in [0.717, 1.165) is 23.3 Å². The average molecular weight is 411 g/mol. The topological polar surface area (TPSA) is 75.7 Å². The molecule has 0 aliphatic carbocycles. The van der Waals surface area contributed by atoms with Crippen molar-refractivity contribution >= 4 is 15.9 Å². The van der Waals surface area contributed by atoms with Crippen molar-refractivity contribution < 1.29 is 17.9 Å². The standard InChI is InChI=1S/C21H34N2O4S/c1-4-5-16-28(25,26)23-13-11-19(12-14-23)22-20(24)10-7-15-27-21-17(2)8-6-9-18(21)3/h6,8-9,19H,4-5,7,10-16H2,1-3H3,(H,22,24). The molecule has 1 fully saturated rings. The molecule has 28 heavy (non-hydrogen) atoms. The molecule has 1 heterocycles. The quantitative estimate of drug-likeness (QED) is 0.601. The lowest BCUT2D eigenvalue weighted by molar-refractivity contribution is -0.122. The maximum Gasteiger partial charge on any atom is 0.220 e. The van der Waals surface area contributed by atoms with E-state index in [1.807, 2.05) is 39.0 Å². The third kappa shape index (κ3) is 6.78. The van der Waals surface area contributed by atoms with Crippen LogP contribution in [0.15, 0.2) is 18.2 Å². The fraction of sp³-hybridized carbons (Fsp3) is 0.667. The smallest absolute Gasteiger partial charge is 0.220 e. The number of ether oxygens (including phenoxy) is 1. The molecule has 1 aliphatic rings. The molecular weight excluding hydrogens is 376 g/mol. The molecule has 0 saturated carbocycles. The van der Waals surface area contributed by atoms with Crippen LogP contribution >= 0.6 is 0 Å². The van der Waals surface area contributed by atoms with Gasteiger partial charge in [0.2, 0.25) is 15.9 Å². The number of hydrogen-bond donors (Lipinski definition) is 1. The predicted octanol–water partition coefficient (Wildman–Crippen LogP) is 3.17. The molecule has 0 atom stereocenters. The first kappa shape index (κ1) is 22.7. The number of unbranched alkanes of at least 4 members (excludes halogenated alkanes) is 1. The van der Waals surface area contributed by atoms with Crippen LogP contribution in [0, 0.1) is 13.8 Å². The lowest BCUT2D eigenvalue weighted by atomic mass is 10.1. The molecule has 0 unspecified atom stereocenters. The van der Waals surface area contributed by atoms with E-state index in [-0.39, 0.29) is 17.7 Å². The van der Waals surface area contributed by atoms with Gasteiger partial charge in [-0.1, -0.05) is 31.5 Å². The summed E-state index contributed by atoms with van der Waals surface area (Å²) < 4.78 is 31.9. The van der Waals surface area contributed by atoms with Crippen molar-refractivity contribution in [3.05, 3.63) is 29.3 Å². The number of sulfonamides is 1. The molecule has 1 amide bonds. The van der Waals surface area contributed by atoms with Crippen molar-refractivity contribution in [2.75, 3.05) is 25.4 Å². The highest BCUT2D eigenvalue weighted by Crippen LogP contribution is 2.22. The van der Waals surface area contributed by atoms with Crippen molar-refractivity contribution in [3.63, 3.8) is 0 Å². The highest BCUT2D eigenvalue weighted by molar-refractivity contribution is 7.89. The third-order valence-corrected chi connectivity index (χ3v) is 7.13. The van der Waals surface area contributed by atoms with Crippen LogP contribution in [0.3, 0.4) is 0 Å². The zero-order chi connectivity index (χ0) is 20.6. The molecule has 1 N–H and O–H groups in total. The number of nitrogens with one attached hydrogen (secondary N) is 1. The second kappa shape index (κ2) is 10.8. The van der Waals surface area contributed by atoms with E-state index in [0.29, 0.717) is 51.8 Å². The molecule has 158 valence electrons. The summed E-state index contributed by atoms with van der Waals surface area (Å²) in [6.07, 6.45) is 4.00. The highest BCUT2D eigenvalue weighted by atomic mass is 32.2. The summed E-state index contributed by atoms with van der Waals surface area (Å²) in [6, 6.07) is 6.10. The minimum atomic E-state index is -3.14. The van der Waals surface area contributed by atoms with E-state index in [1.54, 1.807) is 4.31 Å². The van der Waals surface area contributed by atoms with Crippen LogP contribution in [-0.4, -0.2) is 50.1 Å². The summed E-state index contributed by atoms with van der Waals surface area (Å²) in [5, 5.41) is 3.04. The van der Waals surface area contributed by atoms with Crippen molar-refractivity contribution in [2.24, 2.45) is 0 Å². The van der Waals surface area contributed by atoms with Gasteiger partial charge in [0.1, 0.15) is 5.75 Å². The SMILES string of the molecule is CCCCS(=O)(=O)N1CCC(NC(=O)CCCOc2c(C)cccc2C)CC1. The van der Waals surface area contributed by atoms with Crippen molar-refractivity contribution in [1.29, 1.82) is 0 Å². The lowest BCUT2D eigenvalue weighted by Crippen LogP contribution is -2.47. The number of carbonyl (C=O) groups is 1. The molecule has 0 aromatic heterocycles. The Hall–Kier alpha value is -1.60. The first-order valence-corrected chi connectivity index (χ1v) is 11.9. The van der Waals surface area contributed by atoms with Crippen LogP contribution < -0.4 is 10.1 Å². The van der Waals surface area contributed by atoms with Crippen LogP contribution in [0.25, 0.3) is 0 Å². The zero-order valence-corrected chi connectivity index (χ0v) is 18.2. The van der Waals surface area contributed by atoms with Gasteiger partial charge in [-0.15, -0.1) is 0 Å². The fourth-order valence-corrected chi connectivity index (χ4v) is 5.15. The molecule has 0 bridgehead atoms. The summed E-state index contributed by atoms with van der Waals surface area (Å²) in [6.45, 7) is 7.52. The molecule has 7 heteroatoms. The van der Waals surface area contributed by atoms with Gasteiger partial charge in [0.15, 0.2) is 0 Å². The summed E-state index contributed by atoms with van der Waals surface area (Å²) >= 11 is 0. The van der Waals surface area contributed by atoms with E-state index >= 15 is 0 Å². The Balaban J connectivity index is 1.66. The summed E-state index contributed by atoms with van der Waals surface area (Å²) in [7, 11) is -3.14. The van der Waals surface area contributed by atoms with Gasteiger partial charge >= 0.3 is 0 Å². The number of benzene rings is 1. The van der Waals surface area contributed by atoms with Crippen LogP contribution in [0.1, 0.15) is 56.6 Å². The number of carbonyl (C=O) groups excluding carboxylic acids is 1. The van der Waals surface area contributed by atoms with Gasteiger partial charge in [0.25, 0.3) is 0 Å². The first-order valence-electron chi connectivity index (χ1n) is 10.3. The van der Waals surface area contributed by atoms with Gasteiger partial charge in [-0.2, -0.15) is 0 Å². The van der Waals surface area contributed by atoms with Crippen LogP contribution in [-0.2, 0) is 14.8 Å². The largest absolute Gasteiger partial charge is 0.493 e. The van der Waals surface area contributed by atoms with Crippen LogP contribution in [0.2, 0.25) is 0 Å². The highest BCUT2D eigenvalue weighted by Gasteiger charge is 2.28. The molecule has 1 aromatic rings. The number of nitrogens with zero attached hydrogens (tertiary/aromatic N) is 1. The first-order chi connectivity index (χ1) is 13.3. The Bertz CT molecular complexity index is 721. The second-order valence-electron chi connectivity index (χ2n) is 7.58. The van der Waals surface area contributed by atoms with E-state index < -0.39 is 10.0 Å². The monoisotopic (exact) mass is 410 g/mol. The van der Waals surface area contributed by atoms with Gasteiger partial charge in [-0.05, 0) is 50.7 Å². The Morgan fingerprint density at radius 1 is 1.18 bits per heavy atom. The average Bonchev–Trinajstić information content (AvgIpc) is 2.66. The summed E-state index contributed by atoms with van der Waals surface area (Å²) in [4.78, 5) is 12.2. The summed E-state index contributed by atoms with van der Waals surface area (Å²) in [5.41, 5.74) is 2.20. The van der Waals surface area contributed by atoms with Gasteiger partial charge in [-0.25, -0.2) is 12.7 Å². The predicted molar refractivity (Wildman–Crippen MR) is 112 cm³/mol. The van der Waals surface area contributed by atoms with Crippen LogP contribution in [0.5, 0.6) is 5.75 Å². The van der Waals surface area contributed by atoms with Gasteiger partial charge < -0.3 is 10.1 Å². The molecule has 1 aliphatic heterocycles. The molecule has 1 aromatic carbocycles. The maximum atomic E-state index is 12.2. The van der Waals surface area contributed by atoms with Crippen LogP contribution in [0.4, 0.5) is 0 Å². The van der Waals surface area contributed by atoms with E-state index in [4.69, 9.17) is 4.74 Å². The number of rotatable bonds is 10. The number of amides is 1. The fourth-order valence-electron chi connectivity index (χ4n) is 3.47. The van der Waals surface area contributed by atoms with E-state index in [2.05, 4.69) is 5.32 Å². The minimum absolute atomic E-state index is 0.0115. The number of hydrogen-bond acceptors (Lipinski definition) is 4. The van der Waals surface area contributed by atoms with Crippen molar-refractivity contribution in [2.45, 2.75) is 65.3 Å². The minimum Gasteiger partial charge on any atom is -0.493 e. The number of piperidine rings is 1.